The minimum absolute atomic E-state index is 0.812. The Morgan fingerprint density at radius 2 is 2.36 bits per heavy atom. The molecule has 0 aromatic rings. The summed E-state index contributed by atoms with van der Waals surface area (Å²) in [6, 6.07) is 0. The van der Waals surface area contributed by atoms with E-state index in [2.05, 4.69) is 18.0 Å². The van der Waals surface area contributed by atoms with E-state index in [0.29, 0.717) is 0 Å². The quantitative estimate of drug-likeness (QED) is 0.502. The second-order valence-electron chi connectivity index (χ2n) is 3.68. The van der Waals surface area contributed by atoms with Crippen LogP contribution < -0.4 is 0 Å². The van der Waals surface area contributed by atoms with Crippen LogP contribution >= 0.6 is 0 Å². The lowest BCUT2D eigenvalue weighted by atomic mass is 9.84. The highest BCUT2D eigenvalue weighted by molar-refractivity contribution is 5.98. The van der Waals surface area contributed by atoms with Gasteiger partial charge in [-0.3, -0.25) is 4.99 Å². The molecule has 1 heterocycles. The van der Waals surface area contributed by atoms with Gasteiger partial charge in [0.25, 0.3) is 0 Å². The largest absolute Gasteiger partial charge is 0.289 e. The zero-order valence-electron chi connectivity index (χ0n) is 7.14. The van der Waals surface area contributed by atoms with Gasteiger partial charge in [0.05, 0.1) is 0 Å². The van der Waals surface area contributed by atoms with E-state index in [1.807, 2.05) is 0 Å². The predicted octanol–water partition coefficient (Wildman–Crippen LogP) is 2.58. The summed E-state index contributed by atoms with van der Waals surface area (Å²) in [6.45, 7) is 3.28. The van der Waals surface area contributed by atoms with Crippen molar-refractivity contribution in [1.82, 2.24) is 0 Å². The fourth-order valence-electron chi connectivity index (χ4n) is 2.01. The summed E-state index contributed by atoms with van der Waals surface area (Å²) in [5.74, 6) is 0.812. The molecular formula is C10H15N. The molecule has 1 aliphatic carbocycles. The van der Waals surface area contributed by atoms with Crippen LogP contribution in [0, 0.1) is 5.92 Å². The van der Waals surface area contributed by atoms with Gasteiger partial charge < -0.3 is 0 Å². The molecule has 0 radical (unpaired) electrons. The molecule has 60 valence electrons. The topological polar surface area (TPSA) is 12.4 Å². The number of allylic oxidation sites excluding steroid dienone is 2. The Labute approximate surface area is 68.2 Å². The molecule has 0 N–H and O–H groups in total. The van der Waals surface area contributed by atoms with Crippen molar-refractivity contribution < 1.29 is 0 Å². The van der Waals surface area contributed by atoms with Crippen LogP contribution in [0.4, 0.5) is 0 Å². The first kappa shape index (κ1) is 7.08. The van der Waals surface area contributed by atoms with Crippen molar-refractivity contribution >= 4 is 5.71 Å². The molecule has 0 aromatic carbocycles. The molecule has 1 aliphatic heterocycles. The number of fused-ring (bicyclic) bond motifs is 1. The van der Waals surface area contributed by atoms with Crippen molar-refractivity contribution in [3.05, 3.63) is 11.6 Å². The third kappa shape index (κ3) is 1.37. The van der Waals surface area contributed by atoms with Crippen molar-refractivity contribution in [2.45, 2.75) is 32.6 Å². The van der Waals surface area contributed by atoms with Gasteiger partial charge in [-0.2, -0.15) is 0 Å². The Morgan fingerprint density at radius 3 is 3.27 bits per heavy atom. The maximum absolute atomic E-state index is 4.54. The lowest BCUT2D eigenvalue weighted by Gasteiger charge is -2.25. The van der Waals surface area contributed by atoms with Gasteiger partial charge in [-0.1, -0.05) is 5.57 Å². The van der Waals surface area contributed by atoms with Crippen LogP contribution in [0.15, 0.2) is 16.6 Å². The molecule has 0 amide bonds. The molecule has 11 heavy (non-hydrogen) atoms. The molecule has 1 heteroatoms. The zero-order chi connectivity index (χ0) is 7.68. The fraction of sp³-hybridized carbons (Fsp3) is 0.700. The molecule has 0 saturated carbocycles. The summed E-state index contributed by atoms with van der Waals surface area (Å²) >= 11 is 0. The normalized spacial score (nSPS) is 30.5. The number of hydrogen-bond acceptors (Lipinski definition) is 1. The van der Waals surface area contributed by atoms with Crippen LogP contribution in [0.2, 0.25) is 0 Å². The summed E-state index contributed by atoms with van der Waals surface area (Å²) in [4.78, 5) is 4.54. The van der Waals surface area contributed by atoms with E-state index >= 15 is 0 Å². The van der Waals surface area contributed by atoms with Gasteiger partial charge in [0, 0.05) is 18.2 Å². The van der Waals surface area contributed by atoms with E-state index in [9.17, 15) is 0 Å². The van der Waals surface area contributed by atoms with Gasteiger partial charge >= 0.3 is 0 Å². The smallest absolute Gasteiger partial charge is 0.0392 e. The maximum Gasteiger partial charge on any atom is 0.0392 e. The van der Waals surface area contributed by atoms with Gasteiger partial charge in [-0.15, -0.1) is 0 Å². The van der Waals surface area contributed by atoms with Crippen molar-refractivity contribution in [2.75, 3.05) is 6.54 Å². The molecule has 2 rings (SSSR count). The Balaban J connectivity index is 2.23. The van der Waals surface area contributed by atoms with Gasteiger partial charge in [-0.05, 0) is 38.7 Å². The maximum atomic E-state index is 4.54. The average Bonchev–Trinajstić information content (AvgIpc) is 2.04. The molecule has 0 aromatic heterocycles. The Hall–Kier alpha value is -0.590. The van der Waals surface area contributed by atoms with Crippen LogP contribution in [0.25, 0.3) is 0 Å². The molecule has 1 nitrogen and oxygen atoms in total. The molecule has 1 atom stereocenters. The first-order valence-corrected chi connectivity index (χ1v) is 4.58. The van der Waals surface area contributed by atoms with Crippen molar-refractivity contribution in [1.29, 1.82) is 0 Å². The number of nitrogens with zero attached hydrogens (tertiary/aromatic N) is 1. The fourth-order valence-corrected chi connectivity index (χ4v) is 2.01. The van der Waals surface area contributed by atoms with Crippen LogP contribution in [0.5, 0.6) is 0 Å². The van der Waals surface area contributed by atoms with E-state index < -0.39 is 0 Å². The molecular weight excluding hydrogens is 134 g/mol. The van der Waals surface area contributed by atoms with Crippen LogP contribution in [-0.4, -0.2) is 12.3 Å². The second kappa shape index (κ2) is 2.80. The van der Waals surface area contributed by atoms with Crippen LogP contribution in [-0.2, 0) is 0 Å². The zero-order valence-corrected chi connectivity index (χ0v) is 7.14. The average molecular weight is 149 g/mol. The summed E-state index contributed by atoms with van der Waals surface area (Å²) < 4.78 is 0. The van der Waals surface area contributed by atoms with Gasteiger partial charge in [0.2, 0.25) is 0 Å². The van der Waals surface area contributed by atoms with Gasteiger partial charge in [0.15, 0.2) is 0 Å². The highest BCUT2D eigenvalue weighted by atomic mass is 14.8. The van der Waals surface area contributed by atoms with E-state index in [4.69, 9.17) is 0 Å². The molecule has 0 saturated heterocycles. The minimum Gasteiger partial charge on any atom is -0.289 e. The van der Waals surface area contributed by atoms with E-state index in [1.54, 1.807) is 0 Å². The predicted molar refractivity (Wildman–Crippen MR) is 48.0 cm³/mol. The van der Waals surface area contributed by atoms with Crippen molar-refractivity contribution in [3.63, 3.8) is 0 Å². The minimum atomic E-state index is 0.812. The van der Waals surface area contributed by atoms with Gasteiger partial charge in [-0.25, -0.2) is 0 Å². The Morgan fingerprint density at radius 1 is 1.45 bits per heavy atom. The first-order chi connectivity index (χ1) is 5.36. The number of rotatable bonds is 0. The number of aliphatic imine (C=N–C) groups is 1. The summed E-state index contributed by atoms with van der Waals surface area (Å²) in [7, 11) is 0. The highest BCUT2D eigenvalue weighted by Gasteiger charge is 2.20. The summed E-state index contributed by atoms with van der Waals surface area (Å²) in [6.07, 6.45) is 7.63. The number of hydrogen-bond donors (Lipinski definition) is 0. The first-order valence-electron chi connectivity index (χ1n) is 4.58. The Kier molecular flexibility index (Phi) is 1.80. The monoisotopic (exact) mass is 149 g/mol. The lowest BCUT2D eigenvalue weighted by Crippen LogP contribution is -2.21. The summed E-state index contributed by atoms with van der Waals surface area (Å²) in [5, 5.41) is 0. The van der Waals surface area contributed by atoms with E-state index in [0.717, 1.165) is 12.5 Å². The second-order valence-corrected chi connectivity index (χ2v) is 3.68. The van der Waals surface area contributed by atoms with Crippen LogP contribution in [0.3, 0.4) is 0 Å². The SMILES string of the molecule is CC1=CC2=NCCCC2CC1. The third-order valence-electron chi connectivity index (χ3n) is 2.70. The highest BCUT2D eigenvalue weighted by Crippen LogP contribution is 2.27. The molecule has 0 bridgehead atoms. The molecule has 0 spiro atoms. The van der Waals surface area contributed by atoms with E-state index in [-0.39, 0.29) is 0 Å². The standard InChI is InChI=1S/C10H15N/c1-8-4-5-9-3-2-6-11-10(9)7-8/h7,9H,2-6H2,1H3. The lowest BCUT2D eigenvalue weighted by molar-refractivity contribution is 0.524. The van der Waals surface area contributed by atoms with Crippen molar-refractivity contribution in [2.24, 2.45) is 10.9 Å². The third-order valence-corrected chi connectivity index (χ3v) is 2.70. The molecule has 1 unspecified atom stereocenters. The Bertz CT molecular complexity index is 213. The summed E-state index contributed by atoms with van der Waals surface area (Å²) in [5.41, 5.74) is 2.90. The molecule has 2 aliphatic rings. The van der Waals surface area contributed by atoms with Crippen molar-refractivity contribution in [3.8, 4) is 0 Å². The van der Waals surface area contributed by atoms with Crippen LogP contribution in [0.1, 0.15) is 32.6 Å². The van der Waals surface area contributed by atoms with E-state index in [1.165, 1.54) is 37.0 Å². The van der Waals surface area contributed by atoms with Gasteiger partial charge in [0.1, 0.15) is 0 Å². The molecule has 0 fully saturated rings.